The van der Waals surface area contributed by atoms with Crippen molar-refractivity contribution in [3.8, 4) is 0 Å². The minimum atomic E-state index is -0.266. The summed E-state index contributed by atoms with van der Waals surface area (Å²) in [5.74, 6) is 0.0433. The largest absolute Gasteiger partial charge is 0.365 e. The lowest BCUT2D eigenvalue weighted by Crippen LogP contribution is -2.31. The molecule has 0 spiro atoms. The first-order valence-corrected chi connectivity index (χ1v) is 7.28. The maximum absolute atomic E-state index is 12.8. The summed E-state index contributed by atoms with van der Waals surface area (Å²) in [4.78, 5) is 22.1. The second kappa shape index (κ2) is 8.19. The maximum atomic E-state index is 12.8. The quantitative estimate of drug-likeness (QED) is 0.810. The molecule has 0 aliphatic rings. The number of hydrogen-bond acceptors (Lipinski definition) is 5. The summed E-state index contributed by atoms with van der Waals surface area (Å²) in [6.07, 6.45) is 2.93. The van der Waals surface area contributed by atoms with Crippen LogP contribution in [-0.2, 0) is 6.54 Å². The van der Waals surface area contributed by atoms with Crippen LogP contribution in [-0.4, -0.2) is 48.0 Å². The van der Waals surface area contributed by atoms with Crippen molar-refractivity contribution in [3.63, 3.8) is 0 Å². The molecule has 0 bridgehead atoms. The van der Waals surface area contributed by atoms with Crippen LogP contribution >= 0.6 is 0 Å². The summed E-state index contributed by atoms with van der Waals surface area (Å²) in [6.45, 7) is 1.82. The van der Waals surface area contributed by atoms with Crippen LogP contribution in [0.1, 0.15) is 16.1 Å². The van der Waals surface area contributed by atoms with Gasteiger partial charge in [-0.25, -0.2) is 14.4 Å². The van der Waals surface area contributed by atoms with E-state index in [1.807, 2.05) is 19.0 Å². The molecule has 0 unspecified atom stereocenters. The SMILES string of the molecule is CN(C)CCNC(=O)c1cnc(NCc2ccc(F)cc2)cn1. The van der Waals surface area contributed by atoms with Crippen molar-refractivity contribution in [2.24, 2.45) is 0 Å². The van der Waals surface area contributed by atoms with E-state index in [4.69, 9.17) is 0 Å². The van der Waals surface area contributed by atoms with Crippen LogP contribution in [0, 0.1) is 5.82 Å². The van der Waals surface area contributed by atoms with Crippen molar-refractivity contribution < 1.29 is 9.18 Å². The molecule has 0 saturated heterocycles. The molecule has 2 aromatic rings. The Morgan fingerprint density at radius 1 is 1.17 bits per heavy atom. The first-order valence-electron chi connectivity index (χ1n) is 7.28. The van der Waals surface area contributed by atoms with E-state index in [2.05, 4.69) is 20.6 Å². The summed E-state index contributed by atoms with van der Waals surface area (Å²) in [7, 11) is 3.88. The van der Waals surface area contributed by atoms with Crippen LogP contribution in [0.4, 0.5) is 10.2 Å². The number of halogens is 1. The molecule has 0 saturated carbocycles. The van der Waals surface area contributed by atoms with Gasteiger partial charge in [-0.2, -0.15) is 0 Å². The van der Waals surface area contributed by atoms with Crippen molar-refractivity contribution in [1.82, 2.24) is 20.2 Å². The lowest BCUT2D eigenvalue weighted by Gasteiger charge is -2.10. The number of hydrogen-bond donors (Lipinski definition) is 2. The molecule has 2 N–H and O–H groups in total. The van der Waals surface area contributed by atoms with Gasteiger partial charge in [-0.1, -0.05) is 12.1 Å². The first-order chi connectivity index (χ1) is 11.0. The second-order valence-electron chi connectivity index (χ2n) is 5.33. The molecule has 0 aliphatic heterocycles. The van der Waals surface area contributed by atoms with Gasteiger partial charge < -0.3 is 15.5 Å². The van der Waals surface area contributed by atoms with E-state index in [0.717, 1.165) is 12.1 Å². The molecular weight excluding hydrogens is 297 g/mol. The van der Waals surface area contributed by atoms with Crippen molar-refractivity contribution in [3.05, 3.63) is 53.7 Å². The Morgan fingerprint density at radius 2 is 1.91 bits per heavy atom. The molecule has 122 valence electrons. The van der Waals surface area contributed by atoms with E-state index in [1.54, 1.807) is 12.1 Å². The number of carbonyl (C=O) groups excluding carboxylic acids is 1. The van der Waals surface area contributed by atoms with Gasteiger partial charge in [0, 0.05) is 19.6 Å². The predicted octanol–water partition coefficient (Wildman–Crippen LogP) is 1.52. The molecule has 0 radical (unpaired) electrons. The van der Waals surface area contributed by atoms with Crippen LogP contribution in [0.2, 0.25) is 0 Å². The van der Waals surface area contributed by atoms with Gasteiger partial charge >= 0.3 is 0 Å². The molecule has 1 aromatic heterocycles. The summed E-state index contributed by atoms with van der Waals surface area (Å²) in [6, 6.07) is 6.21. The number of rotatable bonds is 7. The van der Waals surface area contributed by atoms with Crippen molar-refractivity contribution in [2.75, 3.05) is 32.5 Å². The highest BCUT2D eigenvalue weighted by Gasteiger charge is 2.07. The zero-order chi connectivity index (χ0) is 16.7. The molecule has 1 aromatic carbocycles. The summed E-state index contributed by atoms with van der Waals surface area (Å²) >= 11 is 0. The van der Waals surface area contributed by atoms with Crippen molar-refractivity contribution in [2.45, 2.75) is 6.54 Å². The number of nitrogens with zero attached hydrogens (tertiary/aromatic N) is 3. The van der Waals surface area contributed by atoms with Gasteiger partial charge in [-0.15, -0.1) is 0 Å². The van der Waals surface area contributed by atoms with Crippen LogP contribution < -0.4 is 10.6 Å². The van der Waals surface area contributed by atoms with Crippen LogP contribution in [0.3, 0.4) is 0 Å². The number of benzene rings is 1. The summed E-state index contributed by atoms with van der Waals surface area (Å²) < 4.78 is 12.8. The topological polar surface area (TPSA) is 70.2 Å². The highest BCUT2D eigenvalue weighted by molar-refractivity contribution is 5.91. The van der Waals surface area contributed by atoms with Gasteiger partial charge in [-0.05, 0) is 31.8 Å². The molecule has 23 heavy (non-hydrogen) atoms. The number of nitrogens with one attached hydrogen (secondary N) is 2. The van der Waals surface area contributed by atoms with E-state index in [9.17, 15) is 9.18 Å². The molecule has 6 nitrogen and oxygen atoms in total. The Hall–Kier alpha value is -2.54. The maximum Gasteiger partial charge on any atom is 0.271 e. The van der Waals surface area contributed by atoms with E-state index >= 15 is 0 Å². The van der Waals surface area contributed by atoms with E-state index < -0.39 is 0 Å². The number of amides is 1. The number of likely N-dealkylation sites (N-methyl/N-ethyl adjacent to an activating group) is 1. The molecule has 2 rings (SSSR count). The second-order valence-corrected chi connectivity index (χ2v) is 5.33. The fourth-order valence-corrected chi connectivity index (χ4v) is 1.82. The smallest absolute Gasteiger partial charge is 0.271 e. The molecular formula is C16H20FN5O. The van der Waals surface area contributed by atoms with Crippen LogP contribution in [0.15, 0.2) is 36.7 Å². The zero-order valence-electron chi connectivity index (χ0n) is 13.2. The van der Waals surface area contributed by atoms with Crippen LogP contribution in [0.5, 0.6) is 0 Å². The predicted molar refractivity (Wildman–Crippen MR) is 86.6 cm³/mol. The monoisotopic (exact) mass is 317 g/mol. The highest BCUT2D eigenvalue weighted by Crippen LogP contribution is 2.07. The molecule has 0 atom stereocenters. The molecule has 0 aliphatic carbocycles. The Bertz CT molecular complexity index is 628. The average molecular weight is 317 g/mol. The molecule has 1 heterocycles. The Balaban J connectivity index is 1.84. The Kier molecular flexibility index (Phi) is 5.99. The fraction of sp³-hybridized carbons (Fsp3) is 0.312. The highest BCUT2D eigenvalue weighted by atomic mass is 19.1. The van der Waals surface area contributed by atoms with E-state index in [-0.39, 0.29) is 17.4 Å². The van der Waals surface area contributed by atoms with Gasteiger partial charge in [0.05, 0.1) is 12.4 Å². The lowest BCUT2D eigenvalue weighted by atomic mass is 10.2. The van der Waals surface area contributed by atoms with Gasteiger partial charge in [0.15, 0.2) is 0 Å². The van der Waals surface area contributed by atoms with Gasteiger partial charge in [0.2, 0.25) is 0 Å². The number of aromatic nitrogens is 2. The lowest BCUT2D eigenvalue weighted by molar-refractivity contribution is 0.0945. The van der Waals surface area contributed by atoms with Gasteiger partial charge in [0.1, 0.15) is 17.3 Å². The summed E-state index contributed by atoms with van der Waals surface area (Å²) in [5, 5.41) is 5.84. The fourth-order valence-electron chi connectivity index (χ4n) is 1.82. The molecule has 7 heteroatoms. The normalized spacial score (nSPS) is 10.6. The molecule has 1 amide bonds. The van der Waals surface area contributed by atoms with Crippen LogP contribution in [0.25, 0.3) is 0 Å². The van der Waals surface area contributed by atoms with E-state index in [1.165, 1.54) is 24.5 Å². The third-order valence-corrected chi connectivity index (χ3v) is 3.12. The summed E-state index contributed by atoms with van der Waals surface area (Å²) in [5.41, 5.74) is 1.20. The first kappa shape index (κ1) is 16.8. The minimum Gasteiger partial charge on any atom is -0.365 e. The average Bonchev–Trinajstić information content (AvgIpc) is 2.54. The van der Waals surface area contributed by atoms with Crippen molar-refractivity contribution in [1.29, 1.82) is 0 Å². The van der Waals surface area contributed by atoms with Crippen molar-refractivity contribution >= 4 is 11.7 Å². The number of anilines is 1. The standard InChI is InChI=1S/C16H20FN5O/c1-22(2)8-7-18-16(23)14-10-21-15(11-19-14)20-9-12-3-5-13(17)6-4-12/h3-6,10-11H,7-9H2,1-2H3,(H,18,23)(H,20,21). The minimum absolute atomic E-state index is 0.246. The Morgan fingerprint density at radius 3 is 2.52 bits per heavy atom. The Labute approximate surface area is 134 Å². The van der Waals surface area contributed by atoms with Gasteiger partial charge in [0.25, 0.3) is 5.91 Å². The number of carbonyl (C=O) groups is 1. The van der Waals surface area contributed by atoms with E-state index in [0.29, 0.717) is 18.9 Å². The molecule has 0 fully saturated rings. The third-order valence-electron chi connectivity index (χ3n) is 3.12. The zero-order valence-corrected chi connectivity index (χ0v) is 13.2. The van der Waals surface area contributed by atoms with Gasteiger partial charge in [-0.3, -0.25) is 4.79 Å². The third kappa shape index (κ3) is 5.63.